The highest BCUT2D eigenvalue weighted by atomic mass is 16.6. The van der Waals surface area contributed by atoms with Crippen molar-refractivity contribution in [3.05, 3.63) is 92.7 Å². The molecule has 12 heteroatoms. The maximum absolute atomic E-state index is 12.7. The van der Waals surface area contributed by atoms with E-state index in [1.807, 2.05) is 0 Å². The Morgan fingerprint density at radius 3 is 2.51 bits per heavy atom. The van der Waals surface area contributed by atoms with Gasteiger partial charge in [0.05, 0.1) is 10.6 Å². The molecular weight excluding hydrogens is 456 g/mol. The van der Waals surface area contributed by atoms with Gasteiger partial charge in [0.1, 0.15) is 17.0 Å². The maximum atomic E-state index is 12.7. The molecule has 0 saturated heterocycles. The number of para-hydroxylation sites is 1. The van der Waals surface area contributed by atoms with Gasteiger partial charge in [-0.25, -0.2) is 5.43 Å². The van der Waals surface area contributed by atoms with Gasteiger partial charge < -0.3 is 4.42 Å². The Kier molecular flexibility index (Phi) is 6.62. The van der Waals surface area contributed by atoms with Gasteiger partial charge in [-0.3, -0.25) is 40.3 Å². The van der Waals surface area contributed by atoms with E-state index in [1.54, 1.807) is 25.1 Å². The van der Waals surface area contributed by atoms with E-state index in [9.17, 15) is 24.5 Å². The number of nitrogens with one attached hydrogen (secondary N) is 3. The van der Waals surface area contributed by atoms with Crippen LogP contribution >= 0.6 is 0 Å². The second-order valence-electron chi connectivity index (χ2n) is 7.60. The Morgan fingerprint density at radius 2 is 1.77 bits per heavy atom. The normalized spacial score (nSPS) is 13.6. The van der Waals surface area contributed by atoms with Gasteiger partial charge in [-0.15, -0.1) is 0 Å². The van der Waals surface area contributed by atoms with Crippen LogP contribution in [0.4, 0.5) is 5.69 Å². The van der Waals surface area contributed by atoms with E-state index in [0.717, 1.165) is 0 Å². The van der Waals surface area contributed by atoms with Crippen LogP contribution in [-0.4, -0.2) is 33.3 Å². The number of furan rings is 1. The van der Waals surface area contributed by atoms with Gasteiger partial charge in [0.15, 0.2) is 5.76 Å². The fourth-order valence-electron chi connectivity index (χ4n) is 3.73. The molecule has 3 aromatic rings. The Bertz CT molecular complexity index is 1350. The van der Waals surface area contributed by atoms with Crippen molar-refractivity contribution in [1.82, 2.24) is 21.3 Å². The molecule has 2 aromatic heterocycles. The summed E-state index contributed by atoms with van der Waals surface area (Å²) in [5.41, 5.74) is 8.16. The number of nitro groups is 1. The van der Waals surface area contributed by atoms with Gasteiger partial charge in [-0.05, 0) is 38.0 Å². The Morgan fingerprint density at radius 1 is 1.03 bits per heavy atom. The van der Waals surface area contributed by atoms with Crippen molar-refractivity contribution in [3.8, 4) is 0 Å². The molecule has 0 saturated carbocycles. The number of benzene rings is 1. The quantitative estimate of drug-likeness (QED) is 0.375. The first-order chi connectivity index (χ1) is 16.9. The van der Waals surface area contributed by atoms with E-state index < -0.39 is 28.3 Å². The molecule has 0 spiro atoms. The fourth-order valence-corrected chi connectivity index (χ4v) is 3.73. The zero-order valence-corrected chi connectivity index (χ0v) is 18.5. The molecule has 0 unspecified atom stereocenters. The molecule has 12 nitrogen and oxygen atoms in total. The molecule has 3 amide bonds. The number of rotatable bonds is 5. The molecule has 0 aliphatic heterocycles. The van der Waals surface area contributed by atoms with Crippen LogP contribution in [0.3, 0.4) is 0 Å². The summed E-state index contributed by atoms with van der Waals surface area (Å²) in [5.74, 6) is -1.56. The van der Waals surface area contributed by atoms with E-state index in [4.69, 9.17) is 4.42 Å². The molecule has 35 heavy (non-hydrogen) atoms. The summed E-state index contributed by atoms with van der Waals surface area (Å²) in [6.07, 6.45) is 3.33. The second-order valence-corrected chi connectivity index (χ2v) is 7.60. The molecule has 4 rings (SSSR count). The SMILES string of the molecule is Cc1c(C(=O)NNC(=O)c2ccccc2[N+](=O)[O-])oc2c1/C(=N/NC(=O)c1ccccn1)CCC2. The van der Waals surface area contributed by atoms with Crippen molar-refractivity contribution in [2.45, 2.75) is 26.2 Å². The third-order valence-corrected chi connectivity index (χ3v) is 5.36. The molecule has 1 aromatic carbocycles. The van der Waals surface area contributed by atoms with Crippen molar-refractivity contribution >= 4 is 29.1 Å². The number of hydrogen-bond donors (Lipinski definition) is 3. The minimum atomic E-state index is -0.848. The third kappa shape index (κ3) is 4.90. The van der Waals surface area contributed by atoms with Crippen molar-refractivity contribution < 1.29 is 23.7 Å². The number of aromatic nitrogens is 1. The zero-order valence-electron chi connectivity index (χ0n) is 18.5. The van der Waals surface area contributed by atoms with Crippen molar-refractivity contribution in [2.75, 3.05) is 0 Å². The predicted octanol–water partition coefficient (Wildman–Crippen LogP) is 2.44. The van der Waals surface area contributed by atoms with Crippen molar-refractivity contribution in [3.63, 3.8) is 0 Å². The molecule has 2 heterocycles. The average Bonchev–Trinajstić information content (AvgIpc) is 3.23. The zero-order chi connectivity index (χ0) is 24.9. The van der Waals surface area contributed by atoms with Crippen LogP contribution in [0.15, 0.2) is 58.2 Å². The van der Waals surface area contributed by atoms with E-state index in [1.165, 1.54) is 30.5 Å². The second kappa shape index (κ2) is 9.95. The lowest BCUT2D eigenvalue weighted by Gasteiger charge is -2.13. The van der Waals surface area contributed by atoms with Gasteiger partial charge in [0.25, 0.3) is 17.5 Å². The first kappa shape index (κ1) is 23.3. The van der Waals surface area contributed by atoms with Crippen LogP contribution in [-0.2, 0) is 6.42 Å². The molecule has 178 valence electrons. The van der Waals surface area contributed by atoms with Crippen LogP contribution in [0.2, 0.25) is 0 Å². The molecule has 0 bridgehead atoms. The highest BCUT2D eigenvalue weighted by molar-refractivity contribution is 6.07. The molecule has 3 N–H and O–H groups in total. The van der Waals surface area contributed by atoms with Crippen LogP contribution in [0.1, 0.15) is 61.1 Å². The molecule has 0 fully saturated rings. The Hall–Kier alpha value is -4.87. The minimum Gasteiger partial charge on any atom is -0.455 e. The fraction of sp³-hybridized carbons (Fsp3) is 0.174. The lowest BCUT2D eigenvalue weighted by Crippen LogP contribution is -2.42. The summed E-state index contributed by atoms with van der Waals surface area (Å²) in [6.45, 7) is 1.67. The van der Waals surface area contributed by atoms with E-state index >= 15 is 0 Å². The van der Waals surface area contributed by atoms with Gasteiger partial charge >= 0.3 is 5.91 Å². The molecule has 1 aliphatic rings. The van der Waals surface area contributed by atoms with Crippen molar-refractivity contribution in [2.24, 2.45) is 5.10 Å². The molecular formula is C23H20N6O6. The number of hydrogen-bond acceptors (Lipinski definition) is 8. The number of nitrogens with zero attached hydrogens (tertiary/aromatic N) is 3. The maximum Gasteiger partial charge on any atom is 0.305 e. The summed E-state index contributed by atoms with van der Waals surface area (Å²) in [6, 6.07) is 10.3. The number of nitro benzene ring substituents is 1. The number of carbonyl (C=O) groups excluding carboxylic acids is 3. The first-order valence-electron chi connectivity index (χ1n) is 10.6. The number of amides is 3. The number of fused-ring (bicyclic) bond motifs is 1. The number of aryl methyl sites for hydroxylation is 1. The lowest BCUT2D eigenvalue weighted by atomic mass is 9.93. The topological polar surface area (TPSA) is 169 Å². The van der Waals surface area contributed by atoms with Crippen molar-refractivity contribution in [1.29, 1.82) is 0 Å². The first-order valence-corrected chi connectivity index (χ1v) is 10.6. The van der Waals surface area contributed by atoms with Gasteiger partial charge in [0.2, 0.25) is 0 Å². The summed E-state index contributed by atoms with van der Waals surface area (Å²) >= 11 is 0. The van der Waals surface area contributed by atoms with Gasteiger partial charge in [0, 0.05) is 29.8 Å². The number of hydrazone groups is 1. The summed E-state index contributed by atoms with van der Waals surface area (Å²) in [4.78, 5) is 51.8. The van der Waals surface area contributed by atoms with Gasteiger partial charge in [-0.2, -0.15) is 5.10 Å². The third-order valence-electron chi connectivity index (χ3n) is 5.36. The van der Waals surface area contributed by atoms with Crippen LogP contribution in [0.25, 0.3) is 0 Å². The monoisotopic (exact) mass is 476 g/mol. The van der Waals surface area contributed by atoms with Gasteiger partial charge in [-0.1, -0.05) is 18.2 Å². The summed E-state index contributed by atoms with van der Waals surface area (Å²) < 4.78 is 5.74. The van der Waals surface area contributed by atoms with Crippen LogP contribution in [0.5, 0.6) is 0 Å². The molecule has 0 radical (unpaired) electrons. The van der Waals surface area contributed by atoms with Crippen LogP contribution in [0, 0.1) is 17.0 Å². The standard InChI is InChI=1S/C23H20N6O6/c1-13-19-15(25-27-22(31)16-8-4-5-12-24-16)9-6-11-18(19)35-20(13)23(32)28-26-21(30)14-7-2-3-10-17(14)29(33)34/h2-5,7-8,10,12H,6,9,11H2,1H3,(H,26,30)(H,27,31)(H,28,32)/b25-15+. The number of hydrazine groups is 1. The van der Waals surface area contributed by atoms with E-state index in [-0.39, 0.29) is 17.0 Å². The highest BCUT2D eigenvalue weighted by Crippen LogP contribution is 2.29. The summed E-state index contributed by atoms with van der Waals surface area (Å²) in [7, 11) is 0. The number of carbonyl (C=O) groups is 3. The lowest BCUT2D eigenvalue weighted by molar-refractivity contribution is -0.385. The Balaban J connectivity index is 1.49. The smallest absolute Gasteiger partial charge is 0.305 e. The van der Waals surface area contributed by atoms with E-state index in [0.29, 0.717) is 41.9 Å². The predicted molar refractivity (Wildman–Crippen MR) is 123 cm³/mol. The molecule has 0 atom stereocenters. The minimum absolute atomic E-state index is 0.0384. The summed E-state index contributed by atoms with van der Waals surface area (Å²) in [5, 5.41) is 15.4. The largest absolute Gasteiger partial charge is 0.455 e. The number of pyridine rings is 1. The Labute approximate surface area is 198 Å². The highest BCUT2D eigenvalue weighted by Gasteiger charge is 2.29. The van der Waals surface area contributed by atoms with E-state index in [2.05, 4.69) is 26.4 Å². The molecule has 1 aliphatic carbocycles. The average molecular weight is 476 g/mol. The van der Waals surface area contributed by atoms with Crippen LogP contribution < -0.4 is 16.3 Å².